The Hall–Kier alpha value is -3.71. The first-order chi connectivity index (χ1) is 15.0. The third-order valence-corrected chi connectivity index (χ3v) is 5.37. The SMILES string of the molecule is O=C(/C=C/c1ccc(-c2ccc([N+](=O)[O-])cc2)o1)c1ccc(N2CCC(O)CC2)cc1. The Bertz CT molecular complexity index is 1090. The molecule has 4 rings (SSSR count). The van der Waals surface area contributed by atoms with Gasteiger partial charge in [0.1, 0.15) is 11.5 Å². The maximum absolute atomic E-state index is 12.5. The minimum atomic E-state index is -0.449. The first-order valence-electron chi connectivity index (χ1n) is 10.1. The molecule has 7 heteroatoms. The van der Waals surface area contributed by atoms with Crippen LogP contribution in [0.5, 0.6) is 0 Å². The number of nitro groups is 1. The molecule has 7 nitrogen and oxygen atoms in total. The maximum atomic E-state index is 12.5. The number of aliphatic hydroxyl groups excluding tert-OH is 1. The van der Waals surface area contributed by atoms with E-state index in [1.165, 1.54) is 18.2 Å². The summed E-state index contributed by atoms with van der Waals surface area (Å²) in [4.78, 5) is 25.0. The van der Waals surface area contributed by atoms with E-state index in [4.69, 9.17) is 4.42 Å². The van der Waals surface area contributed by atoms with Gasteiger partial charge in [0.25, 0.3) is 5.69 Å². The van der Waals surface area contributed by atoms with E-state index in [9.17, 15) is 20.0 Å². The van der Waals surface area contributed by atoms with Crippen LogP contribution >= 0.6 is 0 Å². The molecule has 0 bridgehead atoms. The minimum absolute atomic E-state index is 0.0184. The van der Waals surface area contributed by atoms with E-state index >= 15 is 0 Å². The summed E-state index contributed by atoms with van der Waals surface area (Å²) < 4.78 is 5.73. The molecule has 0 radical (unpaired) electrons. The molecule has 1 fully saturated rings. The van der Waals surface area contributed by atoms with Gasteiger partial charge in [0.2, 0.25) is 0 Å². The highest BCUT2D eigenvalue weighted by Gasteiger charge is 2.17. The van der Waals surface area contributed by atoms with Crippen LogP contribution in [0.25, 0.3) is 17.4 Å². The Balaban J connectivity index is 1.39. The van der Waals surface area contributed by atoms with Crippen molar-refractivity contribution in [2.24, 2.45) is 0 Å². The standard InChI is InChI=1S/C24H22N2O5/c27-21-13-15-25(16-14-21)19-5-1-17(2-6-19)23(28)11-9-22-10-12-24(31-22)18-3-7-20(8-4-18)26(29)30/h1-12,21,27H,13-16H2/b11-9+. The van der Waals surface area contributed by atoms with Crippen molar-refractivity contribution in [3.05, 3.63) is 88.2 Å². The quantitative estimate of drug-likeness (QED) is 0.269. The van der Waals surface area contributed by atoms with Crippen LogP contribution in [0.3, 0.4) is 0 Å². The summed E-state index contributed by atoms with van der Waals surface area (Å²) in [6, 6.07) is 17.1. The molecule has 0 spiro atoms. The molecule has 0 saturated carbocycles. The third kappa shape index (κ3) is 4.90. The van der Waals surface area contributed by atoms with Crippen LogP contribution < -0.4 is 4.90 Å². The van der Waals surface area contributed by atoms with Crippen molar-refractivity contribution in [3.63, 3.8) is 0 Å². The van der Waals surface area contributed by atoms with Gasteiger partial charge in [-0.25, -0.2) is 0 Å². The van der Waals surface area contributed by atoms with Crippen LogP contribution in [-0.2, 0) is 0 Å². The molecule has 0 unspecified atom stereocenters. The molecule has 0 atom stereocenters. The van der Waals surface area contributed by atoms with Crippen LogP contribution in [0.1, 0.15) is 29.0 Å². The normalized spacial score (nSPS) is 14.8. The molecular formula is C24H22N2O5. The van der Waals surface area contributed by atoms with Gasteiger partial charge in [-0.2, -0.15) is 0 Å². The molecule has 1 aromatic heterocycles. The van der Waals surface area contributed by atoms with Gasteiger partial charge in [-0.3, -0.25) is 14.9 Å². The Kier molecular flexibility index (Phi) is 5.95. The molecule has 31 heavy (non-hydrogen) atoms. The zero-order chi connectivity index (χ0) is 21.8. The number of nitrogens with zero attached hydrogens (tertiary/aromatic N) is 2. The minimum Gasteiger partial charge on any atom is -0.457 e. The van der Waals surface area contributed by atoms with E-state index in [0.29, 0.717) is 17.1 Å². The summed E-state index contributed by atoms with van der Waals surface area (Å²) in [6.45, 7) is 1.62. The van der Waals surface area contributed by atoms with Gasteiger partial charge >= 0.3 is 0 Å². The number of allylic oxidation sites excluding steroid dienone is 1. The highest BCUT2D eigenvalue weighted by Crippen LogP contribution is 2.25. The summed E-state index contributed by atoms with van der Waals surface area (Å²) in [5.74, 6) is 0.956. The lowest BCUT2D eigenvalue weighted by molar-refractivity contribution is -0.384. The van der Waals surface area contributed by atoms with Crippen LogP contribution in [0.15, 0.2) is 71.2 Å². The number of piperidine rings is 1. The summed E-state index contributed by atoms with van der Waals surface area (Å²) >= 11 is 0. The summed E-state index contributed by atoms with van der Waals surface area (Å²) in [5.41, 5.74) is 2.37. The monoisotopic (exact) mass is 418 g/mol. The highest BCUT2D eigenvalue weighted by atomic mass is 16.6. The van der Waals surface area contributed by atoms with Crippen LogP contribution in [0, 0.1) is 10.1 Å². The number of hydrogen-bond acceptors (Lipinski definition) is 6. The molecule has 1 N–H and O–H groups in total. The van der Waals surface area contributed by atoms with Gasteiger partial charge in [-0.1, -0.05) is 0 Å². The van der Waals surface area contributed by atoms with Crippen LogP contribution in [-0.4, -0.2) is 35.0 Å². The number of hydrogen-bond donors (Lipinski definition) is 1. The van der Waals surface area contributed by atoms with Crippen molar-refractivity contribution in [1.82, 2.24) is 0 Å². The zero-order valence-corrected chi connectivity index (χ0v) is 16.8. The molecule has 3 aromatic rings. The van der Waals surface area contributed by atoms with E-state index in [1.54, 1.807) is 42.5 Å². The predicted molar refractivity (Wildman–Crippen MR) is 118 cm³/mol. The lowest BCUT2D eigenvalue weighted by Gasteiger charge is -2.31. The van der Waals surface area contributed by atoms with Crippen molar-refractivity contribution in [2.75, 3.05) is 18.0 Å². The largest absolute Gasteiger partial charge is 0.457 e. The first-order valence-corrected chi connectivity index (χ1v) is 10.1. The number of furan rings is 1. The molecule has 158 valence electrons. The maximum Gasteiger partial charge on any atom is 0.269 e. The number of anilines is 1. The number of non-ortho nitro benzene ring substituents is 1. The molecular weight excluding hydrogens is 396 g/mol. The molecule has 0 amide bonds. The smallest absolute Gasteiger partial charge is 0.269 e. The summed E-state index contributed by atoms with van der Waals surface area (Å²) in [7, 11) is 0. The Morgan fingerprint density at radius 3 is 2.35 bits per heavy atom. The Morgan fingerprint density at radius 1 is 1.03 bits per heavy atom. The van der Waals surface area contributed by atoms with Crippen molar-refractivity contribution in [2.45, 2.75) is 18.9 Å². The average molecular weight is 418 g/mol. The summed E-state index contributed by atoms with van der Waals surface area (Å²) in [6.07, 6.45) is 4.37. The Morgan fingerprint density at radius 2 is 1.71 bits per heavy atom. The summed E-state index contributed by atoms with van der Waals surface area (Å²) in [5, 5.41) is 20.4. The topological polar surface area (TPSA) is 96.8 Å². The van der Waals surface area contributed by atoms with Gasteiger partial charge in [0.15, 0.2) is 5.78 Å². The second kappa shape index (κ2) is 8.97. The van der Waals surface area contributed by atoms with Crippen molar-refractivity contribution < 1.29 is 19.2 Å². The molecule has 0 aliphatic carbocycles. The predicted octanol–water partition coefficient (Wildman–Crippen LogP) is 4.71. The lowest BCUT2D eigenvalue weighted by atomic mass is 10.1. The molecule has 2 aromatic carbocycles. The highest BCUT2D eigenvalue weighted by molar-refractivity contribution is 6.06. The van der Waals surface area contributed by atoms with Gasteiger partial charge in [0, 0.05) is 42.0 Å². The van der Waals surface area contributed by atoms with E-state index in [-0.39, 0.29) is 17.6 Å². The van der Waals surface area contributed by atoms with E-state index in [1.807, 2.05) is 12.1 Å². The average Bonchev–Trinajstić information content (AvgIpc) is 3.27. The van der Waals surface area contributed by atoms with E-state index in [2.05, 4.69) is 4.90 Å². The fraction of sp³-hybridized carbons (Fsp3) is 0.208. The first kappa shape index (κ1) is 20.6. The second-order valence-electron chi connectivity index (χ2n) is 7.47. The Labute approximate surface area is 179 Å². The molecule has 1 saturated heterocycles. The fourth-order valence-electron chi connectivity index (χ4n) is 3.56. The van der Waals surface area contributed by atoms with Crippen molar-refractivity contribution in [1.29, 1.82) is 0 Å². The van der Waals surface area contributed by atoms with Gasteiger partial charge in [-0.05, 0) is 73.5 Å². The fourth-order valence-corrected chi connectivity index (χ4v) is 3.56. The number of ketones is 1. The van der Waals surface area contributed by atoms with Crippen LogP contribution in [0.4, 0.5) is 11.4 Å². The number of carbonyl (C=O) groups excluding carboxylic acids is 1. The number of nitro benzene ring substituents is 1. The van der Waals surface area contributed by atoms with Gasteiger partial charge < -0.3 is 14.4 Å². The number of rotatable bonds is 6. The second-order valence-corrected chi connectivity index (χ2v) is 7.47. The van der Waals surface area contributed by atoms with Crippen molar-refractivity contribution in [3.8, 4) is 11.3 Å². The number of benzene rings is 2. The number of carbonyl (C=O) groups is 1. The third-order valence-electron chi connectivity index (χ3n) is 5.37. The molecule has 1 aliphatic rings. The number of aliphatic hydroxyl groups is 1. The van der Waals surface area contributed by atoms with Crippen molar-refractivity contribution >= 4 is 23.2 Å². The zero-order valence-electron chi connectivity index (χ0n) is 16.8. The van der Waals surface area contributed by atoms with E-state index < -0.39 is 4.92 Å². The van der Waals surface area contributed by atoms with Gasteiger partial charge in [-0.15, -0.1) is 0 Å². The van der Waals surface area contributed by atoms with E-state index in [0.717, 1.165) is 37.2 Å². The lowest BCUT2D eigenvalue weighted by Crippen LogP contribution is -2.35. The molecule has 1 aliphatic heterocycles. The van der Waals surface area contributed by atoms with Crippen LogP contribution in [0.2, 0.25) is 0 Å². The molecule has 2 heterocycles. The van der Waals surface area contributed by atoms with Gasteiger partial charge in [0.05, 0.1) is 11.0 Å².